The molecular weight excluding hydrogens is 352 g/mol. The Morgan fingerprint density at radius 3 is 1.29 bits per heavy atom. The van der Waals surface area contributed by atoms with Crippen LogP contribution in [0, 0.1) is 11.8 Å². The molecule has 2 aromatic carbocycles. The third-order valence-electron chi connectivity index (χ3n) is 5.34. The first-order chi connectivity index (χ1) is 13.5. The van der Waals surface area contributed by atoms with E-state index in [9.17, 15) is 9.59 Å². The lowest BCUT2D eigenvalue weighted by molar-refractivity contribution is -0.0261. The van der Waals surface area contributed by atoms with Gasteiger partial charge in [-0.2, -0.15) is 0 Å². The van der Waals surface area contributed by atoms with Gasteiger partial charge in [0.15, 0.2) is 0 Å². The third-order valence-corrected chi connectivity index (χ3v) is 5.34. The lowest BCUT2D eigenvalue weighted by Crippen LogP contribution is -2.36. The molecule has 2 aromatic rings. The molecule has 4 unspecified atom stereocenters. The first-order valence-corrected chi connectivity index (χ1v) is 9.99. The van der Waals surface area contributed by atoms with Crippen molar-refractivity contribution in [1.82, 2.24) is 0 Å². The van der Waals surface area contributed by atoms with Crippen LogP contribution in [0.15, 0.2) is 60.7 Å². The molecule has 2 rings (SSSR count). The number of carbonyl (C=O) groups excluding carboxylic acids is 2. The molecule has 0 saturated heterocycles. The average molecular weight is 383 g/mol. The summed E-state index contributed by atoms with van der Waals surface area (Å²) >= 11 is 0. The van der Waals surface area contributed by atoms with Crippen LogP contribution in [0.5, 0.6) is 0 Å². The van der Waals surface area contributed by atoms with E-state index in [0.717, 1.165) is 0 Å². The van der Waals surface area contributed by atoms with E-state index in [0.29, 0.717) is 24.0 Å². The van der Waals surface area contributed by atoms with E-state index in [2.05, 4.69) is 13.8 Å². The molecule has 4 nitrogen and oxygen atoms in total. The van der Waals surface area contributed by atoms with E-state index < -0.39 is 0 Å². The molecule has 0 radical (unpaired) electrons. The lowest BCUT2D eigenvalue weighted by Gasteiger charge is -2.32. The Morgan fingerprint density at radius 2 is 1.00 bits per heavy atom. The fraction of sp³-hybridized carbons (Fsp3) is 0.417. The van der Waals surface area contributed by atoms with Crippen LogP contribution in [0.2, 0.25) is 0 Å². The molecule has 28 heavy (non-hydrogen) atoms. The molecule has 0 bridgehead atoms. The minimum absolute atomic E-state index is 0.0474. The maximum atomic E-state index is 12.4. The van der Waals surface area contributed by atoms with Crippen LogP contribution in [0.1, 0.15) is 61.3 Å². The number of carbonyl (C=O) groups is 2. The molecule has 0 spiro atoms. The summed E-state index contributed by atoms with van der Waals surface area (Å²) in [5.74, 6) is -0.543. The fourth-order valence-corrected chi connectivity index (χ4v) is 3.36. The molecule has 150 valence electrons. The van der Waals surface area contributed by atoms with E-state index >= 15 is 0 Å². The highest BCUT2D eigenvalue weighted by atomic mass is 16.6. The summed E-state index contributed by atoms with van der Waals surface area (Å²) in [5.41, 5.74) is 1.09. The summed E-state index contributed by atoms with van der Waals surface area (Å²) in [7, 11) is 0. The van der Waals surface area contributed by atoms with Crippen molar-refractivity contribution in [1.29, 1.82) is 0 Å². The van der Waals surface area contributed by atoms with Gasteiger partial charge in [0.1, 0.15) is 12.2 Å². The van der Waals surface area contributed by atoms with Crippen LogP contribution >= 0.6 is 0 Å². The van der Waals surface area contributed by atoms with Crippen LogP contribution in [0.25, 0.3) is 0 Å². The van der Waals surface area contributed by atoms with Crippen LogP contribution in [-0.4, -0.2) is 24.1 Å². The summed E-state index contributed by atoms with van der Waals surface area (Å²) in [6, 6.07) is 18.0. The second kappa shape index (κ2) is 10.6. The molecule has 4 heteroatoms. The van der Waals surface area contributed by atoms with Gasteiger partial charge in [0.2, 0.25) is 0 Å². The van der Waals surface area contributed by atoms with Gasteiger partial charge in [0, 0.05) is 0 Å². The highest BCUT2D eigenvalue weighted by molar-refractivity contribution is 5.89. The normalized spacial score (nSPS) is 15.1. The first-order valence-electron chi connectivity index (χ1n) is 9.99. The maximum absolute atomic E-state index is 12.4. The Labute approximate surface area is 167 Å². The molecule has 0 aliphatic rings. The lowest BCUT2D eigenvalue weighted by atomic mass is 9.84. The van der Waals surface area contributed by atoms with Crippen LogP contribution in [0.4, 0.5) is 0 Å². The SMILES string of the molecule is CCC(OC(=O)c1ccccc1)C(C)C(C)C(CC)OC(=O)c1ccccc1. The number of benzene rings is 2. The Bertz CT molecular complexity index is 676. The Morgan fingerprint density at radius 1 is 0.679 bits per heavy atom. The number of hydrogen-bond donors (Lipinski definition) is 0. The second-order valence-electron chi connectivity index (χ2n) is 7.15. The van der Waals surface area contributed by atoms with Crippen molar-refractivity contribution in [2.75, 3.05) is 0 Å². The summed E-state index contributed by atoms with van der Waals surface area (Å²) in [6.45, 7) is 8.11. The molecule has 0 aromatic heterocycles. The minimum atomic E-state index is -0.319. The molecule has 0 N–H and O–H groups in total. The molecule has 0 aliphatic carbocycles. The van der Waals surface area contributed by atoms with Gasteiger partial charge in [-0.15, -0.1) is 0 Å². The van der Waals surface area contributed by atoms with Gasteiger partial charge in [0.25, 0.3) is 0 Å². The Balaban J connectivity index is 2.03. The van der Waals surface area contributed by atoms with Gasteiger partial charge in [-0.25, -0.2) is 9.59 Å². The third kappa shape index (κ3) is 5.69. The summed E-state index contributed by atoms with van der Waals surface area (Å²) < 4.78 is 11.5. The number of rotatable bonds is 9. The van der Waals surface area contributed by atoms with Crippen molar-refractivity contribution in [2.45, 2.75) is 52.7 Å². The molecule has 0 fully saturated rings. The molecule has 0 saturated carbocycles. The van der Waals surface area contributed by atoms with E-state index in [1.807, 2.05) is 50.2 Å². The largest absolute Gasteiger partial charge is 0.458 e. The topological polar surface area (TPSA) is 52.6 Å². The first kappa shape index (κ1) is 21.7. The van der Waals surface area contributed by atoms with Gasteiger partial charge < -0.3 is 9.47 Å². The smallest absolute Gasteiger partial charge is 0.338 e. The second-order valence-corrected chi connectivity index (χ2v) is 7.15. The summed E-state index contributed by atoms with van der Waals surface area (Å²) in [5, 5.41) is 0. The van der Waals surface area contributed by atoms with E-state index in [4.69, 9.17) is 9.47 Å². The van der Waals surface area contributed by atoms with Crippen molar-refractivity contribution < 1.29 is 19.1 Å². The van der Waals surface area contributed by atoms with Gasteiger partial charge >= 0.3 is 11.9 Å². The highest BCUT2D eigenvalue weighted by Crippen LogP contribution is 2.27. The van der Waals surface area contributed by atoms with Crippen molar-refractivity contribution in [3.05, 3.63) is 71.8 Å². The van der Waals surface area contributed by atoms with E-state index in [-0.39, 0.29) is 36.0 Å². The van der Waals surface area contributed by atoms with Gasteiger partial charge in [-0.05, 0) is 48.9 Å². The molecule has 4 atom stereocenters. The zero-order valence-corrected chi connectivity index (χ0v) is 17.1. The van der Waals surface area contributed by atoms with Crippen molar-refractivity contribution in [3.63, 3.8) is 0 Å². The zero-order chi connectivity index (χ0) is 20.5. The van der Waals surface area contributed by atoms with Crippen LogP contribution < -0.4 is 0 Å². The van der Waals surface area contributed by atoms with E-state index in [1.54, 1.807) is 24.3 Å². The van der Waals surface area contributed by atoms with Gasteiger partial charge in [-0.1, -0.05) is 64.1 Å². The standard InChI is InChI=1S/C24H30O4/c1-5-21(27-23(25)19-13-9-7-10-14-19)17(3)18(4)22(6-2)28-24(26)20-15-11-8-12-16-20/h7-18,21-22H,5-6H2,1-4H3. The Kier molecular flexibility index (Phi) is 8.24. The molecule has 0 heterocycles. The van der Waals surface area contributed by atoms with Gasteiger partial charge in [-0.3, -0.25) is 0 Å². The summed E-state index contributed by atoms with van der Waals surface area (Å²) in [4.78, 5) is 24.9. The number of hydrogen-bond acceptors (Lipinski definition) is 4. The number of ether oxygens (including phenoxy) is 2. The molecule has 0 amide bonds. The number of esters is 2. The van der Waals surface area contributed by atoms with Gasteiger partial charge in [0.05, 0.1) is 11.1 Å². The highest BCUT2D eigenvalue weighted by Gasteiger charge is 2.31. The Hall–Kier alpha value is -2.62. The van der Waals surface area contributed by atoms with Crippen LogP contribution in [0.3, 0.4) is 0 Å². The molecule has 0 aliphatic heterocycles. The minimum Gasteiger partial charge on any atom is -0.458 e. The van der Waals surface area contributed by atoms with E-state index in [1.165, 1.54) is 0 Å². The summed E-state index contributed by atoms with van der Waals surface area (Å²) in [6.07, 6.45) is 0.916. The average Bonchev–Trinajstić information content (AvgIpc) is 2.75. The zero-order valence-electron chi connectivity index (χ0n) is 17.1. The quantitative estimate of drug-likeness (QED) is 0.535. The fourth-order valence-electron chi connectivity index (χ4n) is 3.36. The van der Waals surface area contributed by atoms with Crippen molar-refractivity contribution >= 4 is 11.9 Å². The predicted octanol–water partition coefficient (Wildman–Crippen LogP) is 5.53. The predicted molar refractivity (Wildman–Crippen MR) is 110 cm³/mol. The maximum Gasteiger partial charge on any atom is 0.338 e. The van der Waals surface area contributed by atoms with Crippen molar-refractivity contribution in [3.8, 4) is 0 Å². The monoisotopic (exact) mass is 382 g/mol. The molecular formula is C24H30O4. The van der Waals surface area contributed by atoms with Crippen LogP contribution in [-0.2, 0) is 9.47 Å². The van der Waals surface area contributed by atoms with Crippen molar-refractivity contribution in [2.24, 2.45) is 11.8 Å².